The molecule has 0 unspecified atom stereocenters. The van der Waals surface area contributed by atoms with E-state index >= 15 is 0 Å². The molecule has 0 spiro atoms. The number of carbonyl (C=O) groups is 1. The molecule has 1 aliphatic rings. The number of aryl methyl sites for hydroxylation is 2. The number of fused-ring (bicyclic) bond motifs is 2. The van der Waals surface area contributed by atoms with E-state index in [-0.39, 0.29) is 11.8 Å². The van der Waals surface area contributed by atoms with Crippen LogP contribution in [0.1, 0.15) is 47.1 Å². The molecule has 0 saturated carbocycles. The van der Waals surface area contributed by atoms with Gasteiger partial charge in [0.05, 0.1) is 16.6 Å². The molecule has 0 N–H and O–H groups in total. The number of rotatable bonds is 4. The van der Waals surface area contributed by atoms with Crippen molar-refractivity contribution in [1.29, 1.82) is 0 Å². The van der Waals surface area contributed by atoms with E-state index in [9.17, 15) is 4.79 Å². The molecule has 4 aromatic rings. The summed E-state index contributed by atoms with van der Waals surface area (Å²) >= 11 is 0. The van der Waals surface area contributed by atoms with Crippen LogP contribution in [0.2, 0.25) is 0 Å². The van der Waals surface area contributed by atoms with Gasteiger partial charge in [-0.2, -0.15) is 5.10 Å². The molecule has 2 aromatic heterocycles. The third-order valence-electron chi connectivity index (χ3n) is 6.74. The fourth-order valence-corrected chi connectivity index (χ4v) is 4.88. The second kappa shape index (κ2) is 8.60. The van der Waals surface area contributed by atoms with Gasteiger partial charge in [-0.05, 0) is 35.2 Å². The maximum absolute atomic E-state index is 13.6. The molecule has 2 aromatic carbocycles. The average molecular weight is 442 g/mol. The fraction of sp³-hybridized carbons (Fsp3) is 0.370. The number of pyridine rings is 1. The second-order valence-electron chi connectivity index (χ2n) is 9.36. The van der Waals surface area contributed by atoms with Crippen molar-refractivity contribution in [3.05, 3.63) is 71.0 Å². The highest BCUT2D eigenvalue weighted by molar-refractivity contribution is 6.06. The lowest BCUT2D eigenvalue weighted by Crippen LogP contribution is -2.48. The van der Waals surface area contributed by atoms with E-state index < -0.39 is 0 Å². The van der Waals surface area contributed by atoms with Crippen LogP contribution in [-0.4, -0.2) is 56.7 Å². The molecule has 1 fully saturated rings. The number of carbonyl (C=O) groups excluding carboxylic acids is 1. The summed E-state index contributed by atoms with van der Waals surface area (Å²) in [7, 11) is 1.90. The highest BCUT2D eigenvalue weighted by Crippen LogP contribution is 2.27. The Hall–Kier alpha value is -3.25. The third-order valence-corrected chi connectivity index (χ3v) is 6.74. The van der Waals surface area contributed by atoms with Crippen molar-refractivity contribution in [2.24, 2.45) is 7.05 Å². The largest absolute Gasteiger partial charge is 0.336 e. The van der Waals surface area contributed by atoms with Gasteiger partial charge < -0.3 is 4.90 Å². The van der Waals surface area contributed by atoms with Gasteiger partial charge in [-0.15, -0.1) is 0 Å². The molecule has 6 heteroatoms. The maximum atomic E-state index is 13.6. The molecule has 6 nitrogen and oxygen atoms in total. The number of nitrogens with zero attached hydrogens (tertiary/aromatic N) is 5. The Morgan fingerprint density at radius 3 is 2.52 bits per heavy atom. The topological polar surface area (TPSA) is 54.3 Å². The molecule has 0 atom stereocenters. The molecule has 170 valence electrons. The summed E-state index contributed by atoms with van der Waals surface area (Å²) in [5.41, 5.74) is 4.65. The highest BCUT2D eigenvalue weighted by Gasteiger charge is 2.26. The number of hydrogen-bond acceptors (Lipinski definition) is 4. The molecular formula is C27H31N5O. The summed E-state index contributed by atoms with van der Waals surface area (Å²) in [6.07, 6.45) is 0. The number of piperazine rings is 1. The molecule has 0 bridgehead atoms. The van der Waals surface area contributed by atoms with E-state index in [0.717, 1.165) is 60.7 Å². The quantitative estimate of drug-likeness (QED) is 0.468. The average Bonchev–Trinajstić information content (AvgIpc) is 3.12. The Morgan fingerprint density at radius 2 is 1.76 bits per heavy atom. The Labute approximate surface area is 194 Å². The third kappa shape index (κ3) is 4.00. The van der Waals surface area contributed by atoms with E-state index in [1.165, 1.54) is 16.3 Å². The summed E-state index contributed by atoms with van der Waals surface area (Å²) in [4.78, 5) is 22.9. The first kappa shape index (κ1) is 21.6. The van der Waals surface area contributed by atoms with Crippen molar-refractivity contribution in [3.8, 4) is 0 Å². The van der Waals surface area contributed by atoms with Crippen molar-refractivity contribution < 1.29 is 4.79 Å². The molecule has 0 aliphatic carbocycles. The molecule has 1 aliphatic heterocycles. The molecule has 5 rings (SSSR count). The van der Waals surface area contributed by atoms with E-state index in [1.54, 1.807) is 4.68 Å². The van der Waals surface area contributed by atoms with Gasteiger partial charge in [0.15, 0.2) is 5.65 Å². The van der Waals surface area contributed by atoms with Gasteiger partial charge in [0.2, 0.25) is 0 Å². The molecule has 1 saturated heterocycles. The monoisotopic (exact) mass is 441 g/mol. The molecule has 0 radical (unpaired) electrons. The zero-order valence-electron chi connectivity index (χ0n) is 19.9. The van der Waals surface area contributed by atoms with Crippen molar-refractivity contribution in [1.82, 2.24) is 24.6 Å². The van der Waals surface area contributed by atoms with Crippen molar-refractivity contribution in [2.45, 2.75) is 33.2 Å². The molecular weight excluding hydrogens is 410 g/mol. The lowest BCUT2D eigenvalue weighted by atomic mass is 10.0. The van der Waals surface area contributed by atoms with Crippen molar-refractivity contribution in [3.63, 3.8) is 0 Å². The van der Waals surface area contributed by atoms with Crippen LogP contribution in [-0.2, 0) is 13.6 Å². The summed E-state index contributed by atoms with van der Waals surface area (Å²) < 4.78 is 1.79. The van der Waals surface area contributed by atoms with Crippen LogP contribution in [0.25, 0.3) is 21.8 Å². The second-order valence-corrected chi connectivity index (χ2v) is 9.36. The van der Waals surface area contributed by atoms with Gasteiger partial charge in [-0.3, -0.25) is 14.4 Å². The Kier molecular flexibility index (Phi) is 5.62. The standard InChI is InChI=1S/C27H31N5O/c1-18(2)24-16-23(25-19(3)29-30(4)26(25)28-24)27(33)32-14-12-31(13-15-32)17-21-10-7-9-20-8-5-6-11-22(20)21/h5-11,16,18H,12-15,17H2,1-4H3. The first-order valence-corrected chi connectivity index (χ1v) is 11.7. The van der Waals surface area contributed by atoms with E-state index in [2.05, 4.69) is 66.3 Å². The van der Waals surface area contributed by atoms with Gasteiger partial charge in [0.1, 0.15) is 0 Å². The zero-order chi connectivity index (χ0) is 23.1. The number of hydrogen-bond donors (Lipinski definition) is 0. The zero-order valence-corrected chi connectivity index (χ0v) is 19.9. The van der Waals surface area contributed by atoms with Crippen LogP contribution in [0, 0.1) is 6.92 Å². The number of aromatic nitrogens is 3. The van der Waals surface area contributed by atoms with Gasteiger partial charge in [0.25, 0.3) is 5.91 Å². The first-order valence-electron chi connectivity index (χ1n) is 11.7. The van der Waals surface area contributed by atoms with Gasteiger partial charge in [-0.25, -0.2) is 4.98 Å². The minimum absolute atomic E-state index is 0.0882. The van der Waals surface area contributed by atoms with E-state index in [1.807, 2.05) is 24.9 Å². The first-order chi connectivity index (χ1) is 15.9. The Morgan fingerprint density at radius 1 is 1.03 bits per heavy atom. The predicted octanol–water partition coefficient (Wildman–Crippen LogP) is 4.51. The summed E-state index contributed by atoms with van der Waals surface area (Å²) in [6, 6.07) is 17.0. The minimum Gasteiger partial charge on any atom is -0.336 e. The molecule has 33 heavy (non-hydrogen) atoms. The normalized spacial score (nSPS) is 15.1. The lowest BCUT2D eigenvalue weighted by molar-refractivity contribution is 0.0630. The van der Waals surface area contributed by atoms with Crippen LogP contribution in [0.4, 0.5) is 0 Å². The molecule has 3 heterocycles. The van der Waals surface area contributed by atoms with E-state index in [0.29, 0.717) is 0 Å². The van der Waals surface area contributed by atoms with Crippen LogP contribution >= 0.6 is 0 Å². The maximum Gasteiger partial charge on any atom is 0.254 e. The van der Waals surface area contributed by atoms with Gasteiger partial charge >= 0.3 is 0 Å². The van der Waals surface area contributed by atoms with E-state index in [4.69, 9.17) is 4.98 Å². The summed E-state index contributed by atoms with van der Waals surface area (Å²) in [5, 5.41) is 8.00. The predicted molar refractivity (Wildman–Crippen MR) is 132 cm³/mol. The smallest absolute Gasteiger partial charge is 0.254 e. The Bertz CT molecular complexity index is 1330. The van der Waals surface area contributed by atoms with Crippen LogP contribution in [0.15, 0.2) is 48.5 Å². The van der Waals surface area contributed by atoms with Crippen LogP contribution in [0.3, 0.4) is 0 Å². The summed E-state index contributed by atoms with van der Waals surface area (Å²) in [5.74, 6) is 0.332. The lowest BCUT2D eigenvalue weighted by Gasteiger charge is -2.35. The summed E-state index contributed by atoms with van der Waals surface area (Å²) in [6.45, 7) is 10.3. The van der Waals surface area contributed by atoms with Crippen LogP contribution < -0.4 is 0 Å². The fourth-order valence-electron chi connectivity index (χ4n) is 4.88. The minimum atomic E-state index is 0.0882. The number of benzene rings is 2. The van der Waals surface area contributed by atoms with Gasteiger partial charge in [0, 0.05) is 45.5 Å². The molecule has 1 amide bonds. The van der Waals surface area contributed by atoms with Crippen LogP contribution in [0.5, 0.6) is 0 Å². The van der Waals surface area contributed by atoms with Gasteiger partial charge in [-0.1, -0.05) is 56.3 Å². The highest BCUT2D eigenvalue weighted by atomic mass is 16.2. The Balaban J connectivity index is 1.35. The SMILES string of the molecule is Cc1nn(C)c2nc(C(C)C)cc(C(=O)N3CCN(Cc4cccc5ccccc45)CC3)c12. The van der Waals surface area contributed by atoms with Crippen molar-refractivity contribution in [2.75, 3.05) is 26.2 Å². The number of amides is 1. The van der Waals surface area contributed by atoms with Crippen molar-refractivity contribution >= 4 is 27.7 Å².